The zero-order valence-electron chi connectivity index (χ0n) is 22.8. The topological polar surface area (TPSA) is 3.88 Å². The Labute approximate surface area is 221 Å². The van der Waals surface area contributed by atoms with Crippen molar-refractivity contribution in [1.82, 2.24) is 0 Å². The lowest BCUT2D eigenvalue weighted by Crippen LogP contribution is -2.48. The summed E-state index contributed by atoms with van der Waals surface area (Å²) in [7, 11) is 2.22. The number of rotatable bonds is 2. The molecular weight excluding hydrogens is 446 g/mol. The molecule has 4 saturated carbocycles. The largest absolute Gasteiger partial charge is 0.220 e. The molecule has 5 aliphatic carbocycles. The first kappa shape index (κ1) is 22.1. The molecule has 0 radical (unpaired) electrons. The zero-order chi connectivity index (χ0) is 25.1. The fourth-order valence-electron chi connectivity index (χ4n) is 9.61. The highest BCUT2D eigenvalue weighted by Gasteiger charge is 2.51. The van der Waals surface area contributed by atoms with Gasteiger partial charge in [0.15, 0.2) is 6.20 Å². The second-order valence-corrected chi connectivity index (χ2v) is 13.7. The van der Waals surface area contributed by atoms with Gasteiger partial charge in [-0.1, -0.05) is 56.3 Å². The van der Waals surface area contributed by atoms with E-state index in [0.717, 1.165) is 17.8 Å². The van der Waals surface area contributed by atoms with Gasteiger partial charge < -0.3 is 0 Å². The van der Waals surface area contributed by atoms with E-state index >= 15 is 0 Å². The van der Waals surface area contributed by atoms with Crippen LogP contribution in [0.3, 0.4) is 0 Å². The van der Waals surface area contributed by atoms with Crippen LogP contribution in [0, 0.1) is 24.7 Å². The SMILES string of the molecule is Cc1cc2c(cc1-c1c3ccc(C45CC6CC(CC(C6)C4)C5)cc3cc[n+]1C)C(C)(C)c1ccccc1-2. The molecule has 0 saturated heterocycles. The van der Waals surface area contributed by atoms with Gasteiger partial charge >= 0.3 is 0 Å². The standard InChI is InChI=1S/C36H38N/c1-22-13-31-29-7-5-6-8-32(29)35(2,3)33(31)18-30(22)34-28-10-9-27(17-26(28)11-12-37(34)4)36-19-23-14-24(20-36)16-25(15-23)21-36/h5-13,17-18,23-25H,14-16,19-21H2,1-4H3/q+1. The number of aryl methyl sites for hydroxylation is 2. The summed E-state index contributed by atoms with van der Waals surface area (Å²) >= 11 is 0. The minimum Gasteiger partial charge on any atom is -0.200 e. The number of pyridine rings is 1. The number of fused-ring (bicyclic) bond motifs is 4. The van der Waals surface area contributed by atoms with E-state index in [4.69, 9.17) is 0 Å². The molecule has 3 aromatic carbocycles. The molecule has 1 aromatic heterocycles. The van der Waals surface area contributed by atoms with Crippen molar-refractivity contribution < 1.29 is 4.57 Å². The smallest absolute Gasteiger partial charge is 0.200 e. The Balaban J connectivity index is 1.28. The maximum Gasteiger partial charge on any atom is 0.220 e. The lowest BCUT2D eigenvalue weighted by atomic mass is 9.48. The molecule has 1 heteroatoms. The van der Waals surface area contributed by atoms with E-state index in [1.165, 1.54) is 88.4 Å². The Morgan fingerprint density at radius 3 is 2.16 bits per heavy atom. The van der Waals surface area contributed by atoms with E-state index in [0.29, 0.717) is 5.41 Å². The van der Waals surface area contributed by atoms with Crippen molar-refractivity contribution in [3.8, 4) is 22.4 Å². The predicted molar refractivity (Wildman–Crippen MR) is 153 cm³/mol. The summed E-state index contributed by atoms with van der Waals surface area (Å²) in [5.74, 6) is 2.94. The van der Waals surface area contributed by atoms with Crippen LogP contribution < -0.4 is 4.57 Å². The third-order valence-corrected chi connectivity index (χ3v) is 11.0. The van der Waals surface area contributed by atoms with Crippen LogP contribution in [-0.2, 0) is 17.9 Å². The summed E-state index contributed by atoms with van der Waals surface area (Å²) in [5, 5.41) is 2.79. The summed E-state index contributed by atoms with van der Waals surface area (Å²) in [6, 6.07) is 23.8. The molecule has 0 aliphatic heterocycles. The van der Waals surface area contributed by atoms with Crippen molar-refractivity contribution in [3.05, 3.63) is 89.1 Å². The normalized spacial score (nSPS) is 28.5. The summed E-state index contributed by atoms with van der Waals surface area (Å²) in [4.78, 5) is 0. The molecule has 4 bridgehead atoms. The number of hydrogen-bond acceptors (Lipinski definition) is 0. The van der Waals surface area contributed by atoms with Gasteiger partial charge in [-0.15, -0.1) is 0 Å². The van der Waals surface area contributed by atoms with Gasteiger partial charge in [-0.2, -0.15) is 0 Å². The molecule has 0 unspecified atom stereocenters. The van der Waals surface area contributed by atoms with E-state index in [1.807, 2.05) is 0 Å². The second-order valence-electron chi connectivity index (χ2n) is 13.7. The first-order chi connectivity index (χ1) is 17.8. The lowest BCUT2D eigenvalue weighted by Gasteiger charge is -2.57. The van der Waals surface area contributed by atoms with Gasteiger partial charge in [0.25, 0.3) is 0 Å². The van der Waals surface area contributed by atoms with E-state index in [-0.39, 0.29) is 5.41 Å². The van der Waals surface area contributed by atoms with Crippen LogP contribution >= 0.6 is 0 Å². The molecule has 0 spiro atoms. The van der Waals surface area contributed by atoms with Crippen molar-refractivity contribution in [1.29, 1.82) is 0 Å². The highest BCUT2D eigenvalue weighted by molar-refractivity contribution is 5.95. The fourth-order valence-corrected chi connectivity index (χ4v) is 9.61. The second kappa shape index (κ2) is 7.34. The van der Waals surface area contributed by atoms with Gasteiger partial charge in [0, 0.05) is 11.5 Å². The van der Waals surface area contributed by atoms with Gasteiger partial charge in [0.2, 0.25) is 5.69 Å². The Bertz CT molecular complexity index is 1570. The molecule has 37 heavy (non-hydrogen) atoms. The van der Waals surface area contributed by atoms with Crippen molar-refractivity contribution in [2.45, 2.75) is 70.1 Å². The number of hydrogen-bond donors (Lipinski definition) is 0. The Hall–Kier alpha value is -2.93. The molecule has 4 fully saturated rings. The van der Waals surface area contributed by atoms with Crippen LogP contribution in [0.4, 0.5) is 0 Å². The highest BCUT2D eigenvalue weighted by Crippen LogP contribution is 2.61. The number of nitrogens with zero attached hydrogens (tertiary/aromatic N) is 1. The molecule has 0 atom stereocenters. The molecule has 1 nitrogen and oxygen atoms in total. The monoisotopic (exact) mass is 484 g/mol. The molecule has 186 valence electrons. The van der Waals surface area contributed by atoms with Gasteiger partial charge in [0.05, 0.1) is 10.9 Å². The Morgan fingerprint density at radius 1 is 0.730 bits per heavy atom. The third-order valence-electron chi connectivity index (χ3n) is 11.0. The average molecular weight is 485 g/mol. The summed E-state index contributed by atoms with van der Waals surface area (Å²) in [6.45, 7) is 7.07. The van der Waals surface area contributed by atoms with Crippen LogP contribution in [0.1, 0.15) is 74.6 Å². The van der Waals surface area contributed by atoms with Crippen molar-refractivity contribution in [2.24, 2.45) is 24.8 Å². The first-order valence-corrected chi connectivity index (χ1v) is 14.5. The van der Waals surface area contributed by atoms with E-state index in [1.54, 1.807) is 5.56 Å². The number of benzene rings is 3. The van der Waals surface area contributed by atoms with Crippen LogP contribution in [-0.4, -0.2) is 0 Å². The average Bonchev–Trinajstić information content (AvgIpc) is 3.09. The molecule has 0 amide bonds. The predicted octanol–water partition coefficient (Wildman–Crippen LogP) is 8.41. The minimum atomic E-state index is 0.0171. The zero-order valence-corrected chi connectivity index (χ0v) is 22.8. The minimum absolute atomic E-state index is 0.0171. The van der Waals surface area contributed by atoms with Crippen molar-refractivity contribution in [3.63, 3.8) is 0 Å². The Kier molecular flexibility index (Phi) is 4.38. The van der Waals surface area contributed by atoms with Gasteiger partial charge in [-0.3, -0.25) is 0 Å². The number of aromatic nitrogens is 1. The van der Waals surface area contributed by atoms with Crippen LogP contribution in [0.15, 0.2) is 66.9 Å². The van der Waals surface area contributed by atoms with Gasteiger partial charge in [-0.05, 0) is 120 Å². The highest BCUT2D eigenvalue weighted by atomic mass is 14.9. The van der Waals surface area contributed by atoms with E-state index < -0.39 is 0 Å². The van der Waals surface area contributed by atoms with Crippen molar-refractivity contribution in [2.75, 3.05) is 0 Å². The van der Waals surface area contributed by atoms with Crippen LogP contribution in [0.25, 0.3) is 33.2 Å². The van der Waals surface area contributed by atoms with Crippen LogP contribution in [0.5, 0.6) is 0 Å². The summed E-state index contributed by atoms with van der Waals surface area (Å²) < 4.78 is 2.34. The van der Waals surface area contributed by atoms with Gasteiger partial charge in [-0.25, -0.2) is 4.57 Å². The van der Waals surface area contributed by atoms with Crippen molar-refractivity contribution >= 4 is 10.8 Å². The van der Waals surface area contributed by atoms with E-state index in [2.05, 4.69) is 99.2 Å². The molecule has 1 heterocycles. The Morgan fingerprint density at radius 2 is 1.43 bits per heavy atom. The first-order valence-electron chi connectivity index (χ1n) is 14.5. The molecule has 0 N–H and O–H groups in total. The van der Waals surface area contributed by atoms with E-state index in [9.17, 15) is 0 Å². The third kappa shape index (κ3) is 3.01. The van der Waals surface area contributed by atoms with Gasteiger partial charge in [0.1, 0.15) is 7.05 Å². The molecule has 9 rings (SSSR count). The maximum atomic E-state index is 2.58. The quantitative estimate of drug-likeness (QED) is 0.251. The summed E-state index contributed by atoms with van der Waals surface area (Å²) in [5.41, 5.74) is 11.9. The fraction of sp³-hybridized carbons (Fsp3) is 0.417. The maximum absolute atomic E-state index is 2.58. The molecular formula is C36H38N+. The molecule has 4 aromatic rings. The summed E-state index contributed by atoms with van der Waals surface area (Å²) in [6.07, 6.45) is 11.1. The molecule has 5 aliphatic rings. The lowest BCUT2D eigenvalue weighted by molar-refractivity contribution is -0.659. The van der Waals surface area contributed by atoms with Crippen LogP contribution in [0.2, 0.25) is 0 Å².